The molecular formula is C11H12ClN3O. The third kappa shape index (κ3) is 1.46. The van der Waals surface area contributed by atoms with E-state index in [-0.39, 0.29) is 17.7 Å². The molecule has 84 valence electrons. The van der Waals surface area contributed by atoms with Gasteiger partial charge in [0.05, 0.1) is 5.69 Å². The SMILES string of the molecule is CC(C)N1C(=O)/C(=N/N)c2cc(Cl)ccc21. The van der Waals surface area contributed by atoms with Crippen molar-refractivity contribution in [3.63, 3.8) is 0 Å². The number of halogens is 1. The second kappa shape index (κ2) is 3.79. The van der Waals surface area contributed by atoms with Crippen LogP contribution in [0, 0.1) is 0 Å². The van der Waals surface area contributed by atoms with Crippen LogP contribution in [-0.2, 0) is 4.79 Å². The Morgan fingerprint density at radius 1 is 1.44 bits per heavy atom. The normalized spacial score (nSPS) is 17.4. The molecule has 1 aromatic rings. The van der Waals surface area contributed by atoms with Crippen molar-refractivity contribution in [3.8, 4) is 0 Å². The van der Waals surface area contributed by atoms with E-state index in [1.807, 2.05) is 19.9 Å². The minimum Gasteiger partial charge on any atom is -0.322 e. The topological polar surface area (TPSA) is 58.7 Å². The van der Waals surface area contributed by atoms with Gasteiger partial charge in [0.2, 0.25) is 0 Å². The van der Waals surface area contributed by atoms with Gasteiger partial charge in [-0.3, -0.25) is 4.79 Å². The second-order valence-electron chi connectivity index (χ2n) is 3.91. The van der Waals surface area contributed by atoms with Crippen LogP contribution in [0.1, 0.15) is 19.4 Å². The van der Waals surface area contributed by atoms with Crippen LogP contribution in [0.2, 0.25) is 5.02 Å². The number of benzene rings is 1. The average Bonchev–Trinajstić information content (AvgIpc) is 2.49. The molecule has 0 aromatic heterocycles. The zero-order valence-electron chi connectivity index (χ0n) is 9.07. The Balaban J connectivity index is 2.64. The monoisotopic (exact) mass is 237 g/mol. The van der Waals surface area contributed by atoms with Crippen LogP contribution in [0.3, 0.4) is 0 Å². The summed E-state index contributed by atoms with van der Waals surface area (Å²) in [6.45, 7) is 3.88. The number of carbonyl (C=O) groups is 1. The van der Waals surface area contributed by atoms with Gasteiger partial charge in [0.15, 0.2) is 5.71 Å². The molecule has 0 spiro atoms. The van der Waals surface area contributed by atoms with E-state index in [4.69, 9.17) is 17.4 Å². The molecule has 0 saturated carbocycles. The van der Waals surface area contributed by atoms with Crippen molar-refractivity contribution < 1.29 is 4.79 Å². The number of rotatable bonds is 1. The number of anilines is 1. The van der Waals surface area contributed by atoms with Gasteiger partial charge in [-0.15, -0.1) is 0 Å². The van der Waals surface area contributed by atoms with E-state index in [0.717, 1.165) is 5.69 Å². The summed E-state index contributed by atoms with van der Waals surface area (Å²) in [5.74, 6) is 5.08. The first-order chi connectivity index (χ1) is 7.56. The number of hydrazone groups is 1. The Labute approximate surface area is 98.7 Å². The Morgan fingerprint density at radius 3 is 2.69 bits per heavy atom. The number of hydrogen-bond acceptors (Lipinski definition) is 3. The summed E-state index contributed by atoms with van der Waals surface area (Å²) in [5.41, 5.74) is 1.79. The number of fused-ring (bicyclic) bond motifs is 1. The lowest BCUT2D eigenvalue weighted by Crippen LogP contribution is -2.36. The molecule has 0 aliphatic carbocycles. The van der Waals surface area contributed by atoms with E-state index in [0.29, 0.717) is 10.6 Å². The summed E-state index contributed by atoms with van der Waals surface area (Å²) in [7, 11) is 0. The number of amides is 1. The van der Waals surface area contributed by atoms with Gasteiger partial charge in [0, 0.05) is 16.6 Å². The molecule has 0 atom stereocenters. The van der Waals surface area contributed by atoms with Gasteiger partial charge in [-0.1, -0.05) is 11.6 Å². The molecule has 4 nitrogen and oxygen atoms in total. The van der Waals surface area contributed by atoms with Crippen molar-refractivity contribution in [1.82, 2.24) is 0 Å². The van der Waals surface area contributed by atoms with E-state index in [9.17, 15) is 4.79 Å². The Morgan fingerprint density at radius 2 is 2.12 bits per heavy atom. The molecule has 0 unspecified atom stereocenters. The zero-order chi connectivity index (χ0) is 11.9. The van der Waals surface area contributed by atoms with E-state index in [1.165, 1.54) is 0 Å². The summed E-state index contributed by atoms with van der Waals surface area (Å²) in [6.07, 6.45) is 0. The Kier molecular flexibility index (Phi) is 2.59. The molecule has 1 amide bonds. The predicted octanol–water partition coefficient (Wildman–Crippen LogP) is 1.76. The highest BCUT2D eigenvalue weighted by Gasteiger charge is 2.35. The maximum absolute atomic E-state index is 12.0. The highest BCUT2D eigenvalue weighted by atomic mass is 35.5. The summed E-state index contributed by atoms with van der Waals surface area (Å²) in [5, 5.41) is 4.12. The first-order valence-corrected chi connectivity index (χ1v) is 5.35. The van der Waals surface area contributed by atoms with Crippen LogP contribution < -0.4 is 10.7 Å². The molecule has 0 radical (unpaired) electrons. The van der Waals surface area contributed by atoms with Crippen molar-refractivity contribution in [2.45, 2.75) is 19.9 Å². The van der Waals surface area contributed by atoms with Crippen molar-refractivity contribution in [2.75, 3.05) is 4.90 Å². The van der Waals surface area contributed by atoms with Crippen molar-refractivity contribution in [3.05, 3.63) is 28.8 Å². The molecular weight excluding hydrogens is 226 g/mol. The zero-order valence-corrected chi connectivity index (χ0v) is 9.82. The maximum Gasteiger partial charge on any atom is 0.279 e. The Hall–Kier alpha value is -1.55. The van der Waals surface area contributed by atoms with Crippen LogP contribution >= 0.6 is 11.6 Å². The van der Waals surface area contributed by atoms with Crippen LogP contribution in [0.5, 0.6) is 0 Å². The minimum absolute atomic E-state index is 0.0617. The van der Waals surface area contributed by atoms with Crippen LogP contribution in [0.4, 0.5) is 5.69 Å². The number of nitrogens with two attached hydrogens (primary N) is 1. The lowest BCUT2D eigenvalue weighted by molar-refractivity contribution is -0.112. The van der Waals surface area contributed by atoms with E-state index in [1.54, 1.807) is 17.0 Å². The van der Waals surface area contributed by atoms with Gasteiger partial charge in [-0.05, 0) is 32.0 Å². The molecule has 1 heterocycles. The molecule has 2 N–H and O–H groups in total. The Bertz CT molecular complexity index is 482. The first kappa shape index (κ1) is 11.0. The van der Waals surface area contributed by atoms with Gasteiger partial charge in [-0.2, -0.15) is 5.10 Å². The van der Waals surface area contributed by atoms with E-state index >= 15 is 0 Å². The van der Waals surface area contributed by atoms with Gasteiger partial charge < -0.3 is 10.7 Å². The summed E-state index contributed by atoms with van der Waals surface area (Å²) in [4.78, 5) is 13.7. The number of hydrogen-bond donors (Lipinski definition) is 1. The molecule has 0 bridgehead atoms. The summed E-state index contributed by atoms with van der Waals surface area (Å²) in [6, 6.07) is 5.34. The maximum atomic E-state index is 12.0. The van der Waals surface area contributed by atoms with Gasteiger partial charge in [-0.25, -0.2) is 0 Å². The molecule has 1 aromatic carbocycles. The van der Waals surface area contributed by atoms with Crippen LogP contribution in [0.25, 0.3) is 0 Å². The van der Waals surface area contributed by atoms with E-state index < -0.39 is 0 Å². The standard InChI is InChI=1S/C11H12ClN3O/c1-6(2)15-9-4-3-7(12)5-8(9)10(14-13)11(15)16/h3-6H,13H2,1-2H3/b14-10+. The fraction of sp³-hybridized carbons (Fsp3) is 0.273. The summed E-state index contributed by atoms with van der Waals surface area (Å²) < 4.78 is 0. The van der Waals surface area contributed by atoms with Crippen molar-refractivity contribution >= 4 is 28.9 Å². The van der Waals surface area contributed by atoms with Crippen molar-refractivity contribution in [2.24, 2.45) is 10.9 Å². The first-order valence-electron chi connectivity index (χ1n) is 4.97. The highest BCUT2D eigenvalue weighted by Crippen LogP contribution is 2.32. The quantitative estimate of drug-likeness (QED) is 0.598. The molecule has 5 heteroatoms. The minimum atomic E-state index is -0.172. The summed E-state index contributed by atoms with van der Waals surface area (Å²) >= 11 is 5.90. The molecule has 16 heavy (non-hydrogen) atoms. The fourth-order valence-corrected chi connectivity index (χ4v) is 2.06. The average molecular weight is 238 g/mol. The van der Waals surface area contributed by atoms with Gasteiger partial charge in [0.25, 0.3) is 5.91 Å². The lowest BCUT2D eigenvalue weighted by atomic mass is 10.1. The van der Waals surface area contributed by atoms with Crippen LogP contribution in [0.15, 0.2) is 23.3 Å². The molecule has 0 fully saturated rings. The number of carbonyl (C=O) groups excluding carboxylic acids is 1. The van der Waals surface area contributed by atoms with Crippen LogP contribution in [-0.4, -0.2) is 17.7 Å². The van der Waals surface area contributed by atoms with Gasteiger partial charge >= 0.3 is 0 Å². The second-order valence-corrected chi connectivity index (χ2v) is 4.34. The van der Waals surface area contributed by atoms with Gasteiger partial charge in [0.1, 0.15) is 0 Å². The lowest BCUT2D eigenvalue weighted by Gasteiger charge is -2.21. The largest absolute Gasteiger partial charge is 0.322 e. The number of nitrogens with zero attached hydrogens (tertiary/aromatic N) is 2. The molecule has 1 aliphatic heterocycles. The predicted molar refractivity (Wildman–Crippen MR) is 64.8 cm³/mol. The smallest absolute Gasteiger partial charge is 0.279 e. The fourth-order valence-electron chi connectivity index (χ4n) is 1.88. The molecule has 2 rings (SSSR count). The third-order valence-corrected chi connectivity index (χ3v) is 2.78. The van der Waals surface area contributed by atoms with Crippen molar-refractivity contribution in [1.29, 1.82) is 0 Å². The highest BCUT2D eigenvalue weighted by molar-refractivity contribution is 6.54. The molecule has 0 saturated heterocycles. The molecule has 1 aliphatic rings. The van der Waals surface area contributed by atoms with E-state index in [2.05, 4.69) is 5.10 Å². The third-order valence-electron chi connectivity index (χ3n) is 2.54.